The summed E-state index contributed by atoms with van der Waals surface area (Å²) in [5.74, 6) is 1.28. The van der Waals surface area contributed by atoms with Crippen LogP contribution in [-0.2, 0) is 28.8 Å². The maximum absolute atomic E-state index is 11.0. The number of methoxy groups -OCH3 is 1. The van der Waals surface area contributed by atoms with Gasteiger partial charge in [-0.05, 0) is 48.3 Å². The largest absolute Gasteiger partial charge is 0.469 e. The SMILES string of the molecule is CC(=O)c1ccc(CC(C)C)cc1.COC(=O)Cc1ccc(CC(C)C)cc1. The molecule has 0 aliphatic heterocycles. The van der Waals surface area contributed by atoms with Crippen molar-refractivity contribution in [2.24, 2.45) is 11.8 Å². The number of hydrogen-bond acceptors (Lipinski definition) is 3. The monoisotopic (exact) mass is 382 g/mol. The first-order valence-electron chi connectivity index (χ1n) is 9.95. The molecule has 0 amide bonds. The summed E-state index contributed by atoms with van der Waals surface area (Å²) in [4.78, 5) is 22.0. The van der Waals surface area contributed by atoms with Gasteiger partial charge in [0.1, 0.15) is 0 Å². The summed E-state index contributed by atoms with van der Waals surface area (Å²) in [5.41, 5.74) is 4.43. The maximum Gasteiger partial charge on any atom is 0.309 e. The third kappa shape index (κ3) is 9.50. The molecule has 2 aromatic carbocycles. The van der Waals surface area contributed by atoms with E-state index in [2.05, 4.69) is 44.6 Å². The van der Waals surface area contributed by atoms with Crippen molar-refractivity contribution in [1.29, 1.82) is 0 Å². The van der Waals surface area contributed by atoms with Crippen LogP contribution in [0.25, 0.3) is 0 Å². The third-order valence-electron chi connectivity index (χ3n) is 4.25. The van der Waals surface area contributed by atoms with E-state index in [9.17, 15) is 9.59 Å². The number of esters is 1. The molecule has 152 valence electrons. The Labute approximate surface area is 170 Å². The van der Waals surface area contributed by atoms with Crippen LogP contribution in [0, 0.1) is 11.8 Å². The zero-order valence-electron chi connectivity index (χ0n) is 18.1. The zero-order chi connectivity index (χ0) is 21.1. The Morgan fingerprint density at radius 2 is 1.14 bits per heavy atom. The fraction of sp³-hybridized carbons (Fsp3) is 0.440. The van der Waals surface area contributed by atoms with Crippen molar-refractivity contribution < 1.29 is 14.3 Å². The van der Waals surface area contributed by atoms with Gasteiger partial charge in [-0.25, -0.2) is 0 Å². The molecule has 0 atom stereocenters. The molecule has 0 heterocycles. The van der Waals surface area contributed by atoms with Crippen molar-refractivity contribution in [3.8, 4) is 0 Å². The number of ketones is 1. The van der Waals surface area contributed by atoms with Gasteiger partial charge in [-0.1, -0.05) is 76.2 Å². The fourth-order valence-corrected chi connectivity index (χ4v) is 2.85. The topological polar surface area (TPSA) is 43.4 Å². The Morgan fingerprint density at radius 1 is 0.750 bits per heavy atom. The lowest BCUT2D eigenvalue weighted by atomic mass is 10.0. The predicted octanol–water partition coefficient (Wildman–Crippen LogP) is 5.69. The summed E-state index contributed by atoms with van der Waals surface area (Å²) < 4.78 is 4.61. The predicted molar refractivity (Wildman–Crippen MR) is 116 cm³/mol. The molecule has 0 N–H and O–H groups in total. The van der Waals surface area contributed by atoms with Crippen LogP contribution in [0.15, 0.2) is 48.5 Å². The number of carbonyl (C=O) groups excluding carboxylic acids is 2. The summed E-state index contributed by atoms with van der Waals surface area (Å²) in [6.07, 6.45) is 2.52. The molecule has 3 heteroatoms. The van der Waals surface area contributed by atoms with E-state index in [4.69, 9.17) is 0 Å². The standard InChI is InChI=1S/C13H18O2.C12H16O/c1-10(2)8-11-4-6-12(7-5-11)9-13(14)15-3;1-9(2)8-11-4-6-12(7-5-11)10(3)13/h4-7,10H,8-9H2,1-3H3;4-7,9H,8H2,1-3H3. The molecule has 0 aliphatic rings. The quantitative estimate of drug-likeness (QED) is 0.456. The van der Waals surface area contributed by atoms with E-state index in [0.29, 0.717) is 18.3 Å². The Bertz CT molecular complexity index is 725. The van der Waals surface area contributed by atoms with Crippen LogP contribution in [0.2, 0.25) is 0 Å². The van der Waals surface area contributed by atoms with Crippen LogP contribution in [-0.4, -0.2) is 18.9 Å². The van der Waals surface area contributed by atoms with E-state index in [1.807, 2.05) is 36.4 Å². The second-order valence-electron chi connectivity index (χ2n) is 8.02. The smallest absolute Gasteiger partial charge is 0.309 e. The van der Waals surface area contributed by atoms with E-state index in [1.165, 1.54) is 18.2 Å². The molecule has 0 fully saturated rings. The summed E-state index contributed by atoms with van der Waals surface area (Å²) in [7, 11) is 1.41. The van der Waals surface area contributed by atoms with Gasteiger partial charge in [-0.3, -0.25) is 9.59 Å². The number of benzene rings is 2. The molecular weight excluding hydrogens is 348 g/mol. The number of Topliss-reactive ketones (excluding diaryl/α,β-unsaturated/α-hetero) is 1. The van der Waals surface area contributed by atoms with Crippen LogP contribution < -0.4 is 0 Å². The minimum atomic E-state index is -0.188. The molecule has 0 radical (unpaired) electrons. The first kappa shape index (κ1) is 23.6. The second-order valence-corrected chi connectivity index (χ2v) is 8.02. The Hall–Kier alpha value is -2.42. The van der Waals surface area contributed by atoms with Gasteiger partial charge in [0.05, 0.1) is 13.5 Å². The summed E-state index contributed by atoms with van der Waals surface area (Å²) in [5, 5.41) is 0. The van der Waals surface area contributed by atoms with Gasteiger partial charge in [0, 0.05) is 5.56 Å². The van der Waals surface area contributed by atoms with Crippen molar-refractivity contribution in [2.75, 3.05) is 7.11 Å². The van der Waals surface area contributed by atoms with Gasteiger partial charge in [-0.2, -0.15) is 0 Å². The van der Waals surface area contributed by atoms with Crippen molar-refractivity contribution >= 4 is 11.8 Å². The summed E-state index contributed by atoms with van der Waals surface area (Å²) in [6, 6.07) is 16.0. The van der Waals surface area contributed by atoms with E-state index >= 15 is 0 Å². The highest BCUT2D eigenvalue weighted by Gasteiger charge is 2.03. The first-order valence-corrected chi connectivity index (χ1v) is 9.95. The lowest BCUT2D eigenvalue weighted by molar-refractivity contribution is -0.139. The van der Waals surface area contributed by atoms with Gasteiger partial charge >= 0.3 is 5.97 Å². The molecule has 0 saturated carbocycles. The van der Waals surface area contributed by atoms with Crippen molar-refractivity contribution in [3.05, 3.63) is 70.8 Å². The van der Waals surface area contributed by atoms with Crippen LogP contribution >= 0.6 is 0 Å². The van der Waals surface area contributed by atoms with Crippen LogP contribution in [0.5, 0.6) is 0 Å². The number of carbonyl (C=O) groups is 2. The Balaban J connectivity index is 0.000000283. The third-order valence-corrected chi connectivity index (χ3v) is 4.25. The van der Waals surface area contributed by atoms with E-state index in [1.54, 1.807) is 6.92 Å². The van der Waals surface area contributed by atoms with Crippen molar-refractivity contribution in [1.82, 2.24) is 0 Å². The van der Waals surface area contributed by atoms with Gasteiger partial charge in [0.15, 0.2) is 5.78 Å². The van der Waals surface area contributed by atoms with Crippen molar-refractivity contribution in [2.45, 2.75) is 53.9 Å². The van der Waals surface area contributed by atoms with E-state index in [-0.39, 0.29) is 11.8 Å². The van der Waals surface area contributed by atoms with Gasteiger partial charge in [-0.15, -0.1) is 0 Å². The fourth-order valence-electron chi connectivity index (χ4n) is 2.85. The zero-order valence-corrected chi connectivity index (χ0v) is 18.1. The molecule has 3 nitrogen and oxygen atoms in total. The average molecular weight is 383 g/mol. The van der Waals surface area contributed by atoms with Crippen LogP contribution in [0.3, 0.4) is 0 Å². The number of hydrogen-bond donors (Lipinski definition) is 0. The lowest BCUT2D eigenvalue weighted by Gasteiger charge is -2.05. The van der Waals surface area contributed by atoms with Gasteiger partial charge in [0.25, 0.3) is 0 Å². The second kappa shape index (κ2) is 12.1. The normalized spacial score (nSPS) is 10.4. The van der Waals surface area contributed by atoms with Gasteiger partial charge in [0.2, 0.25) is 0 Å². The molecule has 0 aromatic heterocycles. The Morgan fingerprint density at radius 3 is 1.50 bits per heavy atom. The van der Waals surface area contributed by atoms with Crippen LogP contribution in [0.1, 0.15) is 61.7 Å². The maximum atomic E-state index is 11.0. The first-order chi connectivity index (χ1) is 13.2. The molecular formula is C25H34O3. The minimum Gasteiger partial charge on any atom is -0.469 e. The molecule has 28 heavy (non-hydrogen) atoms. The van der Waals surface area contributed by atoms with E-state index < -0.39 is 0 Å². The van der Waals surface area contributed by atoms with Crippen LogP contribution in [0.4, 0.5) is 0 Å². The molecule has 2 aromatic rings. The Kier molecular flexibility index (Phi) is 10.2. The lowest BCUT2D eigenvalue weighted by Crippen LogP contribution is -2.04. The van der Waals surface area contributed by atoms with Gasteiger partial charge < -0.3 is 4.74 Å². The van der Waals surface area contributed by atoms with Crippen molar-refractivity contribution in [3.63, 3.8) is 0 Å². The molecule has 0 bridgehead atoms. The summed E-state index contributed by atoms with van der Waals surface area (Å²) in [6.45, 7) is 10.4. The highest BCUT2D eigenvalue weighted by atomic mass is 16.5. The molecule has 0 saturated heterocycles. The summed E-state index contributed by atoms with van der Waals surface area (Å²) >= 11 is 0. The highest BCUT2D eigenvalue weighted by molar-refractivity contribution is 5.94. The minimum absolute atomic E-state index is 0.135. The molecule has 0 spiro atoms. The number of rotatable bonds is 7. The molecule has 0 unspecified atom stereocenters. The molecule has 2 rings (SSSR count). The highest BCUT2D eigenvalue weighted by Crippen LogP contribution is 2.11. The number of ether oxygens (including phenoxy) is 1. The van der Waals surface area contributed by atoms with E-state index in [0.717, 1.165) is 24.0 Å². The average Bonchev–Trinajstić information content (AvgIpc) is 2.63. The molecule has 0 aliphatic carbocycles.